The number of carbonyl (C=O) groups is 1. The summed E-state index contributed by atoms with van der Waals surface area (Å²) in [6.45, 7) is 3.54. The van der Waals surface area contributed by atoms with E-state index >= 15 is 0 Å². The fraction of sp³-hybridized carbons (Fsp3) is 0.963. The van der Waals surface area contributed by atoms with Crippen molar-refractivity contribution < 1.29 is 50.0 Å². The van der Waals surface area contributed by atoms with Crippen molar-refractivity contribution in [3.63, 3.8) is 0 Å². The Morgan fingerprint density at radius 1 is 0.374 bits per heavy atom. The SMILES string of the molecule is CCCCCCCCCCCCCC/C=C\CCCCCCCCCCCCCCCCCCC(O)C(=O)NC(COC1OC(CO)C(O)C(O)C1O)C(O)C(O)CCCCCCCCCCCCCCCCCCCCCCCCCCCCCCCCCC. The van der Waals surface area contributed by atoms with Crippen molar-refractivity contribution >= 4 is 5.91 Å². The Balaban J connectivity index is 2.12. The van der Waals surface area contributed by atoms with Gasteiger partial charge >= 0.3 is 0 Å². The van der Waals surface area contributed by atoms with Gasteiger partial charge in [-0.25, -0.2) is 0 Å². The first-order valence-corrected chi connectivity index (χ1v) is 40.6. The molecule has 0 aliphatic carbocycles. The lowest BCUT2D eigenvalue weighted by Crippen LogP contribution is -2.60. The molecule has 1 rings (SSSR count). The molecule has 91 heavy (non-hydrogen) atoms. The van der Waals surface area contributed by atoms with Gasteiger partial charge in [-0.2, -0.15) is 0 Å². The van der Waals surface area contributed by atoms with Crippen LogP contribution in [-0.4, -0.2) is 110 Å². The third-order valence-corrected chi connectivity index (χ3v) is 20.1. The molecule has 1 aliphatic rings. The molecular weight excluding hydrogens is 1130 g/mol. The maximum absolute atomic E-state index is 13.3. The first-order valence-electron chi connectivity index (χ1n) is 40.6. The number of hydrogen-bond acceptors (Lipinski definition) is 10. The molecule has 0 radical (unpaired) electrons. The Kier molecular flexibility index (Phi) is 66.4. The van der Waals surface area contributed by atoms with E-state index in [1.165, 1.54) is 347 Å². The van der Waals surface area contributed by atoms with Gasteiger partial charge in [-0.05, 0) is 38.5 Å². The van der Waals surface area contributed by atoms with E-state index in [0.29, 0.717) is 19.3 Å². The lowest BCUT2D eigenvalue weighted by atomic mass is 9.98. The van der Waals surface area contributed by atoms with Crippen LogP contribution < -0.4 is 5.32 Å². The van der Waals surface area contributed by atoms with Gasteiger partial charge in [-0.3, -0.25) is 4.79 Å². The number of allylic oxidation sites excluding steroid dienone is 2. The Labute approximate surface area is 563 Å². The lowest BCUT2D eigenvalue weighted by Gasteiger charge is -2.40. The molecule has 0 spiro atoms. The fourth-order valence-corrected chi connectivity index (χ4v) is 13.6. The molecule has 0 aromatic heterocycles. The summed E-state index contributed by atoms with van der Waals surface area (Å²) in [5.41, 5.74) is 0. The Bertz CT molecular complexity index is 1490. The summed E-state index contributed by atoms with van der Waals surface area (Å²) in [7, 11) is 0. The van der Waals surface area contributed by atoms with E-state index in [4.69, 9.17) is 9.47 Å². The first kappa shape index (κ1) is 87.9. The monoisotopic (exact) mass is 1290 g/mol. The average Bonchev–Trinajstić information content (AvgIpc) is 1.05. The zero-order chi connectivity index (χ0) is 66.0. The summed E-state index contributed by atoms with van der Waals surface area (Å²) >= 11 is 0. The standard InChI is InChI=1S/C80H157NO10/c1-3-5-7-9-11-13-15-17-19-21-23-25-27-29-31-33-35-37-39-41-43-45-47-49-51-53-55-57-59-61-63-65-67-72(83)75(85)71(70-90-80-78(88)77(87)76(86)74(69-82)91-80)81-79(89)73(84)68-66-64-62-60-58-56-54-52-50-48-46-44-42-40-38-36-34-32-30-28-26-24-22-20-18-16-14-12-10-8-6-4-2/h30,32,71-78,80,82-88H,3-29,31,33-70H2,1-2H3,(H,81,89)/b32-30-. The molecule has 8 N–H and O–H groups in total. The number of rotatable bonds is 73. The van der Waals surface area contributed by atoms with E-state index in [1.807, 2.05) is 0 Å². The maximum atomic E-state index is 13.3. The summed E-state index contributed by atoms with van der Waals surface area (Å²) in [5, 5.41) is 76.8. The van der Waals surface area contributed by atoms with Crippen molar-refractivity contribution in [3.8, 4) is 0 Å². The van der Waals surface area contributed by atoms with Gasteiger partial charge in [0.1, 0.15) is 36.6 Å². The van der Waals surface area contributed by atoms with Crippen LogP contribution in [0.15, 0.2) is 12.2 Å². The highest BCUT2D eigenvalue weighted by atomic mass is 16.7. The fourth-order valence-electron chi connectivity index (χ4n) is 13.6. The summed E-state index contributed by atoms with van der Waals surface area (Å²) in [6, 6.07) is -1.17. The molecule has 1 saturated heterocycles. The summed E-state index contributed by atoms with van der Waals surface area (Å²) < 4.78 is 11.2. The Morgan fingerprint density at radius 2 is 0.637 bits per heavy atom. The van der Waals surface area contributed by atoms with Crippen molar-refractivity contribution in [1.82, 2.24) is 5.32 Å². The molecule has 1 fully saturated rings. The molecule has 9 unspecified atom stereocenters. The second-order valence-corrected chi connectivity index (χ2v) is 28.9. The molecule has 11 heteroatoms. The Hall–Kier alpha value is -1.15. The van der Waals surface area contributed by atoms with Crippen LogP contribution in [0.2, 0.25) is 0 Å². The number of unbranched alkanes of at least 4 members (excludes halogenated alkanes) is 59. The average molecular weight is 1290 g/mol. The summed E-state index contributed by atoms with van der Waals surface area (Å²) in [6.07, 6.45) is 76.2. The van der Waals surface area contributed by atoms with E-state index in [0.717, 1.165) is 38.5 Å². The van der Waals surface area contributed by atoms with Crippen LogP contribution in [0, 0.1) is 0 Å². The second kappa shape index (κ2) is 68.8. The van der Waals surface area contributed by atoms with E-state index in [1.54, 1.807) is 0 Å². The molecule has 9 atom stereocenters. The smallest absolute Gasteiger partial charge is 0.249 e. The van der Waals surface area contributed by atoms with E-state index in [2.05, 4.69) is 31.3 Å². The number of nitrogens with one attached hydrogen (secondary N) is 1. The zero-order valence-electron chi connectivity index (χ0n) is 60.4. The minimum absolute atomic E-state index is 0.265. The third-order valence-electron chi connectivity index (χ3n) is 20.1. The largest absolute Gasteiger partial charge is 0.394 e. The van der Waals surface area contributed by atoms with Gasteiger partial charge in [0.15, 0.2) is 6.29 Å². The van der Waals surface area contributed by atoms with Crippen molar-refractivity contribution in [3.05, 3.63) is 12.2 Å². The van der Waals surface area contributed by atoms with Crippen LogP contribution in [0.25, 0.3) is 0 Å². The lowest BCUT2D eigenvalue weighted by molar-refractivity contribution is -0.303. The van der Waals surface area contributed by atoms with Crippen molar-refractivity contribution in [2.75, 3.05) is 13.2 Å². The molecule has 0 saturated carbocycles. The maximum Gasteiger partial charge on any atom is 0.249 e. The number of ether oxygens (including phenoxy) is 2. The summed E-state index contributed by atoms with van der Waals surface area (Å²) in [4.78, 5) is 13.3. The molecule has 11 nitrogen and oxygen atoms in total. The first-order chi connectivity index (χ1) is 44.7. The van der Waals surface area contributed by atoms with Crippen molar-refractivity contribution in [1.29, 1.82) is 0 Å². The van der Waals surface area contributed by atoms with Crippen LogP contribution >= 0.6 is 0 Å². The van der Waals surface area contributed by atoms with Crippen LogP contribution in [0.5, 0.6) is 0 Å². The molecule has 0 aromatic carbocycles. The predicted octanol–water partition coefficient (Wildman–Crippen LogP) is 20.9. The molecular formula is C80H157NO10. The van der Waals surface area contributed by atoms with Gasteiger partial charge in [-0.15, -0.1) is 0 Å². The Morgan fingerprint density at radius 3 is 0.923 bits per heavy atom. The van der Waals surface area contributed by atoms with Crippen LogP contribution in [0.4, 0.5) is 0 Å². The molecule has 1 heterocycles. The third kappa shape index (κ3) is 55.5. The predicted molar refractivity (Wildman–Crippen MR) is 386 cm³/mol. The number of carbonyl (C=O) groups excluding carboxylic acids is 1. The van der Waals surface area contributed by atoms with Gasteiger partial charge in [0.2, 0.25) is 5.91 Å². The number of aliphatic hydroxyl groups excluding tert-OH is 7. The van der Waals surface area contributed by atoms with Crippen molar-refractivity contribution in [2.45, 2.75) is 480 Å². The van der Waals surface area contributed by atoms with E-state index in [9.17, 15) is 40.5 Å². The quantitative estimate of drug-likeness (QED) is 0.0215. The van der Waals surface area contributed by atoms with Crippen molar-refractivity contribution in [2.24, 2.45) is 0 Å². The van der Waals surface area contributed by atoms with Gasteiger partial charge < -0.3 is 50.5 Å². The summed E-state index contributed by atoms with van der Waals surface area (Å²) in [5.74, 6) is -0.687. The molecule has 0 aromatic rings. The van der Waals surface area contributed by atoms with E-state index < -0.39 is 74.2 Å². The highest BCUT2D eigenvalue weighted by Crippen LogP contribution is 2.25. The second-order valence-electron chi connectivity index (χ2n) is 28.9. The minimum atomic E-state index is -1.66. The normalized spacial score (nSPS) is 18.4. The van der Waals surface area contributed by atoms with Crippen LogP contribution in [0.3, 0.4) is 0 Å². The minimum Gasteiger partial charge on any atom is -0.394 e. The molecule has 0 bridgehead atoms. The molecule has 542 valence electrons. The topological polar surface area (TPSA) is 189 Å². The highest BCUT2D eigenvalue weighted by Gasteiger charge is 2.44. The van der Waals surface area contributed by atoms with E-state index in [-0.39, 0.29) is 6.42 Å². The van der Waals surface area contributed by atoms with Crippen LogP contribution in [-0.2, 0) is 14.3 Å². The van der Waals surface area contributed by atoms with Gasteiger partial charge in [0.25, 0.3) is 0 Å². The van der Waals surface area contributed by atoms with Gasteiger partial charge in [-0.1, -0.05) is 398 Å². The van der Waals surface area contributed by atoms with Gasteiger partial charge in [0.05, 0.1) is 25.4 Å². The number of hydrogen-bond donors (Lipinski definition) is 8. The molecule has 1 amide bonds. The highest BCUT2D eigenvalue weighted by molar-refractivity contribution is 5.80. The number of amides is 1. The van der Waals surface area contributed by atoms with Gasteiger partial charge in [0, 0.05) is 0 Å². The number of aliphatic hydroxyl groups is 7. The molecule has 1 aliphatic heterocycles. The van der Waals surface area contributed by atoms with Crippen LogP contribution in [0.1, 0.15) is 425 Å². The zero-order valence-corrected chi connectivity index (χ0v) is 60.4.